The molecular formula is C47H88O9. The lowest BCUT2D eigenvalue weighted by Gasteiger charge is -2.34. The molecule has 2 N–H and O–H groups in total. The van der Waals surface area contributed by atoms with Gasteiger partial charge in [-0.05, 0) is 69.6 Å². The zero-order chi connectivity index (χ0) is 41.7. The number of esters is 3. The molecule has 1 atom stereocenters. The fourth-order valence-electron chi connectivity index (χ4n) is 7.61. The van der Waals surface area contributed by atoms with E-state index in [1.165, 1.54) is 19.3 Å². The molecule has 0 heterocycles. The van der Waals surface area contributed by atoms with E-state index in [4.69, 9.17) is 19.3 Å². The Morgan fingerprint density at radius 2 is 0.857 bits per heavy atom. The molecule has 0 bridgehead atoms. The average Bonchev–Trinajstić information content (AvgIpc) is 3.17. The monoisotopic (exact) mass is 797 g/mol. The second kappa shape index (κ2) is 37.1. The maximum atomic E-state index is 13.5. The number of hydrogen-bond acceptors (Lipinski definition) is 8. The minimum absolute atomic E-state index is 0.00473. The van der Waals surface area contributed by atoms with Crippen LogP contribution in [-0.4, -0.2) is 60.0 Å². The first-order chi connectivity index (χ1) is 27.1. The van der Waals surface area contributed by atoms with Gasteiger partial charge in [0, 0.05) is 25.7 Å². The Kier molecular flexibility index (Phi) is 35.7. The molecule has 330 valence electrons. The van der Waals surface area contributed by atoms with E-state index in [-0.39, 0.29) is 56.3 Å². The van der Waals surface area contributed by atoms with Gasteiger partial charge in [0.25, 0.3) is 0 Å². The number of carboxylic acids is 1. The summed E-state index contributed by atoms with van der Waals surface area (Å²) in [6.45, 7) is 10.2. The molecule has 9 heteroatoms. The van der Waals surface area contributed by atoms with Gasteiger partial charge in [-0.15, -0.1) is 0 Å². The Morgan fingerprint density at radius 1 is 0.482 bits per heavy atom. The summed E-state index contributed by atoms with van der Waals surface area (Å²) >= 11 is 0. The number of ether oxygens (including phenoxy) is 3. The van der Waals surface area contributed by atoms with Gasteiger partial charge in [0.2, 0.25) is 0 Å². The lowest BCUT2D eigenvalue weighted by molar-refractivity contribution is -0.165. The second-order valence-electron chi connectivity index (χ2n) is 16.9. The van der Waals surface area contributed by atoms with Crippen LogP contribution in [0.4, 0.5) is 0 Å². The molecule has 0 aliphatic rings. The van der Waals surface area contributed by atoms with Crippen molar-refractivity contribution in [1.29, 1.82) is 0 Å². The van der Waals surface area contributed by atoms with Crippen molar-refractivity contribution in [2.24, 2.45) is 17.3 Å². The van der Waals surface area contributed by atoms with E-state index in [0.717, 1.165) is 128 Å². The lowest BCUT2D eigenvalue weighted by atomic mass is 9.83. The minimum atomic E-state index is -1.14. The van der Waals surface area contributed by atoms with Gasteiger partial charge in [0.1, 0.15) is 19.3 Å². The summed E-state index contributed by atoms with van der Waals surface area (Å²) in [5.74, 6) is -1.43. The number of aliphatic hydroxyl groups is 1. The van der Waals surface area contributed by atoms with Crippen LogP contribution in [-0.2, 0) is 33.4 Å². The SMILES string of the molecule is CCCCCCCCCC(CC(CO)(COC(=O)CC(CCCCC)CCCCC)COC(=O)CC(CCCCC)CCCCC)OC(=O)CCCCC(=O)O. The Hall–Kier alpha value is -2.16. The highest BCUT2D eigenvalue weighted by Crippen LogP contribution is 2.31. The van der Waals surface area contributed by atoms with E-state index in [1.54, 1.807) is 0 Å². The maximum Gasteiger partial charge on any atom is 0.306 e. The normalized spacial score (nSPS) is 12.3. The Balaban J connectivity index is 6.14. The molecule has 9 nitrogen and oxygen atoms in total. The largest absolute Gasteiger partial charge is 0.481 e. The van der Waals surface area contributed by atoms with Crippen LogP contribution in [0.15, 0.2) is 0 Å². The summed E-state index contributed by atoms with van der Waals surface area (Å²) in [4.78, 5) is 51.0. The van der Waals surface area contributed by atoms with Gasteiger partial charge in [0.15, 0.2) is 0 Å². The van der Waals surface area contributed by atoms with Gasteiger partial charge in [-0.2, -0.15) is 0 Å². The van der Waals surface area contributed by atoms with Crippen LogP contribution in [0, 0.1) is 17.3 Å². The van der Waals surface area contributed by atoms with Gasteiger partial charge in [0.05, 0.1) is 12.0 Å². The topological polar surface area (TPSA) is 136 Å². The highest BCUT2D eigenvalue weighted by Gasteiger charge is 2.38. The Bertz CT molecular complexity index is 905. The number of carboxylic acid groups (broad SMARTS) is 1. The summed E-state index contributed by atoms with van der Waals surface area (Å²) in [5, 5.41) is 20.1. The van der Waals surface area contributed by atoms with Crippen molar-refractivity contribution >= 4 is 23.9 Å². The van der Waals surface area contributed by atoms with Gasteiger partial charge >= 0.3 is 23.9 Å². The smallest absolute Gasteiger partial charge is 0.306 e. The minimum Gasteiger partial charge on any atom is -0.481 e. The van der Waals surface area contributed by atoms with E-state index in [2.05, 4.69) is 34.6 Å². The van der Waals surface area contributed by atoms with E-state index >= 15 is 0 Å². The van der Waals surface area contributed by atoms with Gasteiger partial charge in [-0.25, -0.2) is 0 Å². The number of rotatable bonds is 41. The van der Waals surface area contributed by atoms with Crippen LogP contribution in [0.3, 0.4) is 0 Å². The Morgan fingerprint density at radius 3 is 1.27 bits per heavy atom. The average molecular weight is 797 g/mol. The van der Waals surface area contributed by atoms with Crippen molar-refractivity contribution in [2.75, 3.05) is 19.8 Å². The molecule has 56 heavy (non-hydrogen) atoms. The molecule has 1 unspecified atom stereocenters. The first-order valence-electron chi connectivity index (χ1n) is 23.4. The van der Waals surface area contributed by atoms with Crippen LogP contribution in [0.5, 0.6) is 0 Å². The van der Waals surface area contributed by atoms with Crippen LogP contribution in [0.25, 0.3) is 0 Å². The molecule has 0 saturated heterocycles. The van der Waals surface area contributed by atoms with Crippen molar-refractivity contribution in [3.63, 3.8) is 0 Å². The summed E-state index contributed by atoms with van der Waals surface area (Å²) in [6, 6.07) is 0. The molecule has 0 amide bonds. The number of carbonyl (C=O) groups excluding carboxylic acids is 3. The van der Waals surface area contributed by atoms with Gasteiger partial charge < -0.3 is 24.4 Å². The first-order valence-corrected chi connectivity index (χ1v) is 23.4. The van der Waals surface area contributed by atoms with Crippen molar-refractivity contribution < 1.29 is 43.6 Å². The van der Waals surface area contributed by atoms with Crippen LogP contribution >= 0.6 is 0 Å². The predicted molar refractivity (Wildman–Crippen MR) is 227 cm³/mol. The van der Waals surface area contributed by atoms with E-state index < -0.39 is 30.1 Å². The summed E-state index contributed by atoms with van der Waals surface area (Å²) in [5.41, 5.74) is -1.14. The van der Waals surface area contributed by atoms with E-state index in [9.17, 15) is 24.3 Å². The fraction of sp³-hybridized carbons (Fsp3) is 0.915. The van der Waals surface area contributed by atoms with Gasteiger partial charge in [-0.1, -0.05) is 150 Å². The standard InChI is InChI=1S/C47H88O9/c1-6-11-16-17-18-19-24-31-42(56-44(51)33-26-25-32-43(49)50)36-47(37-48,38-54-45(52)34-40(27-20-12-7-2)28-21-13-8-3)39-55-46(53)35-41(29-22-14-9-4)30-23-15-10-5/h40-42,48H,6-39H2,1-5H3,(H,49,50). The molecule has 0 aromatic carbocycles. The predicted octanol–water partition coefficient (Wildman–Crippen LogP) is 12.5. The first kappa shape index (κ1) is 53.8. The highest BCUT2D eigenvalue weighted by atomic mass is 16.6. The number of aliphatic hydroxyl groups excluding tert-OH is 1. The number of unbranched alkanes of at least 4 members (excludes halogenated alkanes) is 15. The molecule has 0 saturated carbocycles. The number of hydrogen-bond donors (Lipinski definition) is 2. The molecule has 0 fully saturated rings. The summed E-state index contributed by atoms with van der Waals surface area (Å²) in [7, 11) is 0. The van der Waals surface area contributed by atoms with Crippen LogP contribution in [0.2, 0.25) is 0 Å². The fourth-order valence-corrected chi connectivity index (χ4v) is 7.61. The Labute approximate surface area is 343 Å². The van der Waals surface area contributed by atoms with Crippen molar-refractivity contribution in [3.05, 3.63) is 0 Å². The number of aliphatic carboxylic acids is 1. The van der Waals surface area contributed by atoms with Crippen molar-refractivity contribution in [2.45, 2.75) is 240 Å². The van der Waals surface area contributed by atoms with Gasteiger partial charge in [-0.3, -0.25) is 19.2 Å². The third-order valence-electron chi connectivity index (χ3n) is 11.3. The lowest BCUT2D eigenvalue weighted by Crippen LogP contribution is -2.42. The second-order valence-corrected chi connectivity index (χ2v) is 16.9. The third-order valence-corrected chi connectivity index (χ3v) is 11.3. The molecule has 0 aliphatic heterocycles. The molecule has 0 aliphatic carbocycles. The highest BCUT2D eigenvalue weighted by molar-refractivity contribution is 5.71. The molecular weight excluding hydrogens is 709 g/mol. The molecule has 0 aromatic heterocycles. The van der Waals surface area contributed by atoms with E-state index in [0.29, 0.717) is 32.1 Å². The van der Waals surface area contributed by atoms with Crippen molar-refractivity contribution in [1.82, 2.24) is 0 Å². The molecule has 0 aromatic rings. The third kappa shape index (κ3) is 30.9. The zero-order valence-electron chi connectivity index (χ0n) is 37.0. The van der Waals surface area contributed by atoms with Crippen LogP contribution in [0.1, 0.15) is 234 Å². The summed E-state index contributed by atoms with van der Waals surface area (Å²) in [6.07, 6.45) is 26.6. The molecule has 0 radical (unpaired) electrons. The van der Waals surface area contributed by atoms with E-state index in [1.807, 2.05) is 0 Å². The maximum absolute atomic E-state index is 13.5. The molecule has 0 spiro atoms. The quantitative estimate of drug-likeness (QED) is 0.0352. The zero-order valence-corrected chi connectivity index (χ0v) is 37.0. The summed E-state index contributed by atoms with van der Waals surface area (Å²) < 4.78 is 18.0. The van der Waals surface area contributed by atoms with Crippen molar-refractivity contribution in [3.8, 4) is 0 Å². The number of carbonyl (C=O) groups is 4. The molecule has 0 rings (SSSR count). The van der Waals surface area contributed by atoms with Crippen LogP contribution < -0.4 is 0 Å².